The first kappa shape index (κ1) is 24.5. The lowest BCUT2D eigenvalue weighted by atomic mass is 9.97. The van der Waals surface area contributed by atoms with Crippen LogP contribution in [-0.4, -0.2) is 66.4 Å². The van der Waals surface area contributed by atoms with Crippen LogP contribution < -0.4 is 0 Å². The third-order valence-corrected chi connectivity index (χ3v) is 6.80. The fourth-order valence-corrected chi connectivity index (χ4v) is 4.81. The molecule has 1 aliphatic rings. The predicted octanol–water partition coefficient (Wildman–Crippen LogP) is 4.43. The number of imidazole rings is 1. The quantitative estimate of drug-likeness (QED) is 0.414. The van der Waals surface area contributed by atoms with E-state index in [2.05, 4.69) is 28.9 Å². The van der Waals surface area contributed by atoms with Crippen molar-refractivity contribution in [1.29, 1.82) is 0 Å². The summed E-state index contributed by atoms with van der Waals surface area (Å²) in [6.45, 7) is 9.24. The molecule has 0 aliphatic carbocycles. The van der Waals surface area contributed by atoms with E-state index in [1.54, 1.807) is 57.2 Å². The summed E-state index contributed by atoms with van der Waals surface area (Å²) >= 11 is 0. The highest BCUT2D eigenvalue weighted by molar-refractivity contribution is 5.96. The van der Waals surface area contributed by atoms with Crippen molar-refractivity contribution in [1.82, 2.24) is 29.4 Å². The van der Waals surface area contributed by atoms with Crippen LogP contribution in [0.2, 0.25) is 0 Å². The number of fused-ring (bicyclic) bond motifs is 1. The fourth-order valence-electron chi connectivity index (χ4n) is 4.81. The lowest BCUT2D eigenvalue weighted by Crippen LogP contribution is -2.62. The van der Waals surface area contributed by atoms with Gasteiger partial charge in [-0.15, -0.1) is 0 Å². The average Bonchev–Trinajstić information content (AvgIpc) is 3.32. The minimum absolute atomic E-state index is 0.0746. The largest absolute Gasteiger partial charge is 0.335 e. The number of nitrogens with zero attached hydrogens (tertiary/aromatic N) is 6. The molecular weight excluding hydrogens is 471 g/mol. The Morgan fingerprint density at radius 3 is 2.35 bits per heavy atom. The molecular formula is C28H29FN6O2. The average molecular weight is 501 g/mol. The molecule has 37 heavy (non-hydrogen) atoms. The van der Waals surface area contributed by atoms with E-state index >= 15 is 0 Å². The van der Waals surface area contributed by atoms with Crippen LogP contribution in [0.25, 0.3) is 16.9 Å². The molecule has 2 amide bonds. The number of hydrogen-bond acceptors (Lipinski definition) is 5. The van der Waals surface area contributed by atoms with Crippen molar-refractivity contribution in [2.45, 2.75) is 39.2 Å². The highest BCUT2D eigenvalue weighted by Crippen LogP contribution is 2.28. The molecule has 0 saturated carbocycles. The Morgan fingerprint density at radius 2 is 1.70 bits per heavy atom. The second kappa shape index (κ2) is 9.38. The minimum Gasteiger partial charge on any atom is -0.335 e. The van der Waals surface area contributed by atoms with Crippen LogP contribution >= 0.6 is 0 Å². The SMILES string of the molecule is CC(C)c1cc(-c2ccc(F)cc2)nn2cc(C(=O)N3CCN(C(=O)c4ccncc4)CC3(C)C)nc12. The zero-order chi connectivity index (χ0) is 26.3. The number of carbonyl (C=O) groups is 2. The predicted molar refractivity (Wildman–Crippen MR) is 138 cm³/mol. The second-order valence-electron chi connectivity index (χ2n) is 10.3. The van der Waals surface area contributed by atoms with Crippen LogP contribution in [0, 0.1) is 5.82 Å². The molecule has 4 heterocycles. The Hall–Kier alpha value is -4.14. The maximum absolute atomic E-state index is 13.7. The van der Waals surface area contributed by atoms with Crippen molar-refractivity contribution in [2.24, 2.45) is 0 Å². The van der Waals surface area contributed by atoms with Gasteiger partial charge in [0.05, 0.1) is 17.4 Å². The molecule has 8 nitrogen and oxygen atoms in total. The molecule has 0 radical (unpaired) electrons. The zero-order valence-electron chi connectivity index (χ0n) is 21.3. The molecule has 3 aromatic heterocycles. The topological polar surface area (TPSA) is 83.7 Å². The molecule has 5 rings (SSSR count). The Bertz CT molecular complexity index is 1460. The van der Waals surface area contributed by atoms with Crippen LogP contribution in [0.4, 0.5) is 4.39 Å². The van der Waals surface area contributed by atoms with Gasteiger partial charge in [-0.25, -0.2) is 13.9 Å². The van der Waals surface area contributed by atoms with Crippen molar-refractivity contribution in [2.75, 3.05) is 19.6 Å². The van der Waals surface area contributed by atoms with E-state index in [4.69, 9.17) is 0 Å². The molecule has 190 valence electrons. The van der Waals surface area contributed by atoms with Crippen molar-refractivity contribution in [3.05, 3.63) is 83.7 Å². The first-order valence-corrected chi connectivity index (χ1v) is 12.3. The minimum atomic E-state index is -0.596. The summed E-state index contributed by atoms with van der Waals surface area (Å²) in [5.74, 6) is -0.456. The number of carbonyl (C=O) groups excluding carboxylic acids is 2. The standard InChI is InChI=1S/C28H29FN6O2/c1-18(2)22-15-23(19-5-7-21(29)8-6-19)32-35-16-24(31-25(22)35)27(37)34-14-13-33(17-28(34,3)4)26(36)20-9-11-30-12-10-20/h5-12,15-16,18H,13-14,17H2,1-4H3. The summed E-state index contributed by atoms with van der Waals surface area (Å²) in [7, 11) is 0. The molecule has 0 N–H and O–H groups in total. The molecule has 4 aromatic rings. The number of pyridine rings is 1. The molecule has 0 spiro atoms. The second-order valence-corrected chi connectivity index (χ2v) is 10.3. The lowest BCUT2D eigenvalue weighted by molar-refractivity contribution is 0.0165. The van der Waals surface area contributed by atoms with E-state index < -0.39 is 5.54 Å². The Labute approximate surface area is 214 Å². The number of halogens is 1. The third-order valence-electron chi connectivity index (χ3n) is 6.80. The normalized spacial score (nSPS) is 15.4. The molecule has 1 aliphatic heterocycles. The first-order valence-electron chi connectivity index (χ1n) is 12.3. The van der Waals surface area contributed by atoms with Crippen molar-refractivity contribution < 1.29 is 14.0 Å². The van der Waals surface area contributed by atoms with Crippen LogP contribution in [0.3, 0.4) is 0 Å². The van der Waals surface area contributed by atoms with Gasteiger partial charge in [-0.05, 0) is 62.2 Å². The van der Waals surface area contributed by atoms with Crippen molar-refractivity contribution in [3.63, 3.8) is 0 Å². The van der Waals surface area contributed by atoms with Crippen LogP contribution in [0.15, 0.2) is 61.1 Å². The molecule has 0 bridgehead atoms. The molecule has 0 unspecified atom stereocenters. The van der Waals surface area contributed by atoms with Gasteiger partial charge >= 0.3 is 0 Å². The maximum Gasteiger partial charge on any atom is 0.274 e. The number of amides is 2. The monoisotopic (exact) mass is 500 g/mol. The van der Waals surface area contributed by atoms with Gasteiger partial charge in [0, 0.05) is 48.7 Å². The summed E-state index contributed by atoms with van der Waals surface area (Å²) in [5, 5.41) is 4.67. The summed E-state index contributed by atoms with van der Waals surface area (Å²) in [4.78, 5) is 38.9. The van der Waals surface area contributed by atoms with E-state index in [1.165, 1.54) is 12.1 Å². The highest BCUT2D eigenvalue weighted by atomic mass is 19.1. The summed E-state index contributed by atoms with van der Waals surface area (Å²) in [6.07, 6.45) is 4.85. The first-order chi connectivity index (χ1) is 17.6. The number of benzene rings is 1. The molecule has 1 aromatic carbocycles. The number of aromatic nitrogens is 4. The Morgan fingerprint density at radius 1 is 1.00 bits per heavy atom. The summed E-state index contributed by atoms with van der Waals surface area (Å²) in [6, 6.07) is 11.5. The van der Waals surface area contributed by atoms with Crippen molar-refractivity contribution in [3.8, 4) is 11.3 Å². The Kier molecular flexibility index (Phi) is 6.23. The highest BCUT2D eigenvalue weighted by Gasteiger charge is 2.39. The maximum atomic E-state index is 13.7. The molecule has 1 saturated heterocycles. The summed E-state index contributed by atoms with van der Waals surface area (Å²) in [5.41, 5.74) is 3.30. The van der Waals surface area contributed by atoms with Crippen molar-refractivity contribution >= 4 is 17.5 Å². The van der Waals surface area contributed by atoms with E-state index in [0.717, 1.165) is 11.1 Å². The Balaban J connectivity index is 1.44. The van der Waals surface area contributed by atoms with Gasteiger partial charge in [0.25, 0.3) is 11.8 Å². The van der Waals surface area contributed by atoms with Crippen LogP contribution in [0.1, 0.15) is 60.0 Å². The fraction of sp³-hybridized carbons (Fsp3) is 0.321. The van der Waals surface area contributed by atoms with E-state index in [0.29, 0.717) is 42.2 Å². The van der Waals surface area contributed by atoms with Gasteiger partial charge in [0.2, 0.25) is 0 Å². The molecule has 1 fully saturated rings. The molecule has 9 heteroatoms. The van der Waals surface area contributed by atoms with Gasteiger partial charge in [0.1, 0.15) is 11.5 Å². The van der Waals surface area contributed by atoms with Gasteiger partial charge in [-0.3, -0.25) is 14.6 Å². The van der Waals surface area contributed by atoms with Crippen LogP contribution in [0.5, 0.6) is 0 Å². The number of piperazine rings is 1. The van der Waals surface area contributed by atoms with E-state index in [1.807, 2.05) is 19.9 Å². The smallest absolute Gasteiger partial charge is 0.274 e. The van der Waals surface area contributed by atoms with Gasteiger partial charge in [-0.2, -0.15) is 5.10 Å². The van der Waals surface area contributed by atoms with Gasteiger partial charge < -0.3 is 9.80 Å². The number of hydrogen-bond donors (Lipinski definition) is 0. The third kappa shape index (κ3) is 4.69. The van der Waals surface area contributed by atoms with Crippen LogP contribution in [-0.2, 0) is 0 Å². The van der Waals surface area contributed by atoms with E-state index in [9.17, 15) is 14.0 Å². The summed E-state index contributed by atoms with van der Waals surface area (Å²) < 4.78 is 15.1. The van der Waals surface area contributed by atoms with E-state index in [-0.39, 0.29) is 23.5 Å². The molecule has 0 atom stereocenters. The van der Waals surface area contributed by atoms with Gasteiger partial charge in [-0.1, -0.05) is 13.8 Å². The zero-order valence-corrected chi connectivity index (χ0v) is 21.3. The van der Waals surface area contributed by atoms with Gasteiger partial charge in [0.15, 0.2) is 5.65 Å². The lowest BCUT2D eigenvalue weighted by Gasteiger charge is -2.46. The number of rotatable bonds is 4.